The Hall–Kier alpha value is -0.250. The molecule has 0 N–H and O–H groups in total. The van der Waals surface area contributed by atoms with Crippen LogP contribution in [0.5, 0.6) is 0 Å². The molecule has 0 bridgehead atoms. The highest BCUT2D eigenvalue weighted by Crippen LogP contribution is 2.32. The van der Waals surface area contributed by atoms with Crippen molar-refractivity contribution in [3.63, 3.8) is 0 Å². The molecule has 0 fully saturated rings. The van der Waals surface area contributed by atoms with Crippen molar-refractivity contribution in [1.82, 2.24) is 0 Å². The highest BCUT2D eigenvalue weighted by molar-refractivity contribution is 9.10. The summed E-state index contributed by atoms with van der Waals surface area (Å²) < 4.78 is 6.95. The number of alkyl halides is 1. The van der Waals surface area contributed by atoms with E-state index in [0.29, 0.717) is 4.67 Å². The molecule has 1 nitrogen and oxygen atoms in total. The van der Waals surface area contributed by atoms with E-state index in [2.05, 4.69) is 44.0 Å². The van der Waals surface area contributed by atoms with Crippen LogP contribution in [-0.2, 0) is 6.42 Å². The Balaban J connectivity index is 2.14. The quantitative estimate of drug-likeness (QED) is 0.671. The van der Waals surface area contributed by atoms with Gasteiger partial charge in [0.1, 0.15) is 0 Å². The van der Waals surface area contributed by atoms with Crippen LogP contribution >= 0.6 is 43.5 Å². The summed E-state index contributed by atoms with van der Waals surface area (Å²) in [4.78, 5) is 0. The lowest BCUT2D eigenvalue weighted by Gasteiger charge is -2.08. The first-order valence-corrected chi connectivity index (χ1v) is 6.80. The third-order valence-electron chi connectivity index (χ3n) is 2.29. The molecule has 0 aliphatic rings. The molecule has 84 valence electrons. The smallest absolute Gasteiger partial charge is 0.173 e. The lowest BCUT2D eigenvalue weighted by molar-refractivity contribution is 0.536. The molecule has 2 aromatic rings. The molecule has 4 heteroatoms. The van der Waals surface area contributed by atoms with Crippen LogP contribution in [0.1, 0.15) is 16.5 Å². The van der Waals surface area contributed by atoms with Gasteiger partial charge in [-0.1, -0.05) is 28.1 Å². The monoisotopic (exact) mass is 362 g/mol. The highest BCUT2D eigenvalue weighted by atomic mass is 79.9. The van der Waals surface area contributed by atoms with Crippen LogP contribution in [0.2, 0.25) is 0 Å². The Bertz CT molecular complexity index is 481. The first-order valence-electron chi connectivity index (χ1n) is 4.78. The summed E-state index contributed by atoms with van der Waals surface area (Å²) in [7, 11) is 0. The van der Waals surface area contributed by atoms with Crippen molar-refractivity contribution in [2.24, 2.45) is 0 Å². The lowest BCUT2D eigenvalue weighted by atomic mass is 10.1. The van der Waals surface area contributed by atoms with Crippen molar-refractivity contribution < 1.29 is 4.42 Å². The van der Waals surface area contributed by atoms with Gasteiger partial charge in [-0.2, -0.15) is 0 Å². The molecule has 1 aromatic heterocycles. The second-order valence-corrected chi connectivity index (χ2v) is 5.61. The number of halogens is 3. The number of hydrogen-bond acceptors (Lipinski definition) is 1. The Morgan fingerprint density at radius 2 is 2.06 bits per heavy atom. The average molecular weight is 364 g/mol. The normalized spacial score (nSPS) is 12.7. The summed E-state index contributed by atoms with van der Waals surface area (Å²) >= 11 is 13.1. The minimum atomic E-state index is -0.0811. The van der Waals surface area contributed by atoms with Gasteiger partial charge in [-0.05, 0) is 46.1 Å². The minimum Gasteiger partial charge on any atom is -0.457 e. The molecule has 1 unspecified atom stereocenters. The van der Waals surface area contributed by atoms with E-state index < -0.39 is 0 Å². The number of hydrogen-bond donors (Lipinski definition) is 0. The van der Waals surface area contributed by atoms with Crippen molar-refractivity contribution in [2.45, 2.75) is 11.8 Å². The van der Waals surface area contributed by atoms with Crippen LogP contribution in [0.15, 0.2) is 50.2 Å². The zero-order chi connectivity index (χ0) is 11.5. The molecule has 0 spiro atoms. The van der Waals surface area contributed by atoms with Gasteiger partial charge in [-0.25, -0.2) is 0 Å². The second kappa shape index (κ2) is 5.39. The molecule has 0 radical (unpaired) electrons. The Morgan fingerprint density at radius 1 is 1.25 bits per heavy atom. The first kappa shape index (κ1) is 12.2. The summed E-state index contributed by atoms with van der Waals surface area (Å²) in [6.07, 6.45) is 2.41. The Morgan fingerprint density at radius 3 is 2.69 bits per heavy atom. The van der Waals surface area contributed by atoms with E-state index in [0.717, 1.165) is 16.5 Å². The molecular formula is C12H9Br2ClO. The van der Waals surface area contributed by atoms with E-state index in [9.17, 15) is 0 Å². The Kier molecular flexibility index (Phi) is 4.11. The van der Waals surface area contributed by atoms with E-state index in [1.54, 1.807) is 6.26 Å². The molecule has 0 amide bonds. The predicted molar refractivity (Wildman–Crippen MR) is 72.8 cm³/mol. The topological polar surface area (TPSA) is 13.1 Å². The van der Waals surface area contributed by atoms with Gasteiger partial charge in [0, 0.05) is 10.0 Å². The largest absolute Gasteiger partial charge is 0.457 e. The summed E-state index contributed by atoms with van der Waals surface area (Å²) in [6.45, 7) is 0. The van der Waals surface area contributed by atoms with Gasteiger partial charge >= 0.3 is 0 Å². The number of rotatable bonds is 3. The molecular weight excluding hydrogens is 355 g/mol. The second-order valence-electron chi connectivity index (χ2n) is 3.45. The standard InChI is InChI=1S/C12H9Br2ClO/c13-9-3-1-2-8(6-9)7-11(15)10-4-5-16-12(10)14/h1-6,11H,7H2. The summed E-state index contributed by atoms with van der Waals surface area (Å²) in [5.74, 6) is 0. The Labute approximate surface area is 116 Å². The summed E-state index contributed by atoms with van der Waals surface area (Å²) in [6, 6.07) is 10.0. The van der Waals surface area contributed by atoms with Gasteiger partial charge < -0.3 is 4.42 Å². The van der Waals surface area contributed by atoms with Gasteiger partial charge in [0.15, 0.2) is 4.67 Å². The van der Waals surface area contributed by atoms with E-state index in [1.807, 2.05) is 18.2 Å². The summed E-state index contributed by atoms with van der Waals surface area (Å²) in [5.41, 5.74) is 2.18. The molecule has 0 saturated carbocycles. The maximum absolute atomic E-state index is 6.33. The molecule has 2 rings (SSSR count). The van der Waals surface area contributed by atoms with Gasteiger partial charge in [0.2, 0.25) is 0 Å². The highest BCUT2D eigenvalue weighted by Gasteiger charge is 2.14. The maximum Gasteiger partial charge on any atom is 0.173 e. The summed E-state index contributed by atoms with van der Waals surface area (Å²) in [5, 5.41) is -0.0811. The van der Waals surface area contributed by atoms with Crippen LogP contribution in [0.25, 0.3) is 0 Å². The van der Waals surface area contributed by atoms with E-state index in [4.69, 9.17) is 16.0 Å². The molecule has 1 heterocycles. The molecule has 0 aliphatic carbocycles. The van der Waals surface area contributed by atoms with Crippen molar-refractivity contribution in [3.8, 4) is 0 Å². The van der Waals surface area contributed by atoms with Crippen molar-refractivity contribution in [1.29, 1.82) is 0 Å². The van der Waals surface area contributed by atoms with Gasteiger partial charge in [0.05, 0.1) is 11.6 Å². The number of furan rings is 1. The zero-order valence-electron chi connectivity index (χ0n) is 8.29. The number of benzene rings is 1. The molecule has 16 heavy (non-hydrogen) atoms. The van der Waals surface area contributed by atoms with Gasteiger partial charge in [-0.3, -0.25) is 0 Å². The van der Waals surface area contributed by atoms with Crippen LogP contribution in [0.3, 0.4) is 0 Å². The van der Waals surface area contributed by atoms with Gasteiger partial charge in [-0.15, -0.1) is 11.6 Å². The molecule has 0 saturated heterocycles. The van der Waals surface area contributed by atoms with Crippen LogP contribution in [0, 0.1) is 0 Å². The van der Waals surface area contributed by atoms with E-state index in [-0.39, 0.29) is 5.38 Å². The predicted octanol–water partition coefficient (Wildman–Crippen LogP) is 5.33. The average Bonchev–Trinajstić information content (AvgIpc) is 2.64. The fourth-order valence-electron chi connectivity index (χ4n) is 1.51. The van der Waals surface area contributed by atoms with Crippen molar-refractivity contribution in [3.05, 3.63) is 56.9 Å². The third-order valence-corrected chi connectivity index (χ3v) is 3.81. The van der Waals surface area contributed by atoms with E-state index >= 15 is 0 Å². The van der Waals surface area contributed by atoms with Crippen molar-refractivity contribution in [2.75, 3.05) is 0 Å². The minimum absolute atomic E-state index is 0.0811. The molecule has 1 atom stereocenters. The van der Waals surface area contributed by atoms with E-state index in [1.165, 1.54) is 5.56 Å². The fourth-order valence-corrected chi connectivity index (χ4v) is 2.95. The zero-order valence-corrected chi connectivity index (χ0v) is 12.2. The maximum atomic E-state index is 6.33. The lowest BCUT2D eigenvalue weighted by Crippen LogP contribution is -1.95. The van der Waals surface area contributed by atoms with Crippen LogP contribution < -0.4 is 0 Å². The molecule has 0 aliphatic heterocycles. The molecule has 1 aromatic carbocycles. The van der Waals surface area contributed by atoms with Crippen molar-refractivity contribution >= 4 is 43.5 Å². The first-order chi connectivity index (χ1) is 7.66. The fraction of sp³-hybridized carbons (Fsp3) is 0.167. The third kappa shape index (κ3) is 2.90. The SMILES string of the molecule is ClC(Cc1cccc(Br)c1)c1ccoc1Br. The van der Waals surface area contributed by atoms with Gasteiger partial charge in [0.25, 0.3) is 0 Å². The van der Waals surface area contributed by atoms with Crippen LogP contribution in [0.4, 0.5) is 0 Å². The van der Waals surface area contributed by atoms with Crippen LogP contribution in [-0.4, -0.2) is 0 Å².